The summed E-state index contributed by atoms with van der Waals surface area (Å²) in [4.78, 5) is 24.8. The molecule has 8 nitrogen and oxygen atoms in total. The normalized spacial score (nSPS) is 10.2. The SMILES string of the molecule is COc1cccc(OC)c1C(=O)NC(=S)Nc1ccc(NC(=O)c2ccco2)c(C)c1. The van der Waals surface area contributed by atoms with Crippen molar-refractivity contribution in [3.8, 4) is 11.5 Å². The van der Waals surface area contributed by atoms with Crippen molar-refractivity contribution in [1.29, 1.82) is 0 Å². The maximum absolute atomic E-state index is 12.7. The Labute approximate surface area is 184 Å². The van der Waals surface area contributed by atoms with E-state index >= 15 is 0 Å². The molecule has 160 valence electrons. The summed E-state index contributed by atoms with van der Waals surface area (Å²) in [5, 5.41) is 8.45. The van der Waals surface area contributed by atoms with Crippen LogP contribution in [-0.2, 0) is 0 Å². The summed E-state index contributed by atoms with van der Waals surface area (Å²) in [7, 11) is 2.94. The van der Waals surface area contributed by atoms with Crippen molar-refractivity contribution in [3.05, 3.63) is 71.7 Å². The number of methoxy groups -OCH3 is 2. The number of furan rings is 1. The molecule has 0 atom stereocenters. The van der Waals surface area contributed by atoms with Crippen LogP contribution in [0, 0.1) is 6.92 Å². The van der Waals surface area contributed by atoms with Crippen molar-refractivity contribution in [2.24, 2.45) is 0 Å². The van der Waals surface area contributed by atoms with Crippen molar-refractivity contribution < 1.29 is 23.5 Å². The molecular formula is C22H21N3O5S. The first kappa shape index (κ1) is 21.8. The average Bonchev–Trinajstić information content (AvgIpc) is 3.30. The van der Waals surface area contributed by atoms with Crippen LogP contribution >= 0.6 is 12.2 Å². The van der Waals surface area contributed by atoms with Gasteiger partial charge in [0.25, 0.3) is 11.8 Å². The summed E-state index contributed by atoms with van der Waals surface area (Å²) in [5.41, 5.74) is 2.31. The smallest absolute Gasteiger partial charge is 0.291 e. The number of carbonyl (C=O) groups excluding carboxylic acids is 2. The van der Waals surface area contributed by atoms with Crippen LogP contribution < -0.4 is 25.4 Å². The Balaban J connectivity index is 1.66. The molecule has 0 fully saturated rings. The van der Waals surface area contributed by atoms with Gasteiger partial charge in [0, 0.05) is 11.4 Å². The molecule has 1 heterocycles. The van der Waals surface area contributed by atoms with E-state index in [0.29, 0.717) is 22.9 Å². The molecule has 3 rings (SSSR count). The van der Waals surface area contributed by atoms with Gasteiger partial charge in [-0.05, 0) is 67.2 Å². The summed E-state index contributed by atoms with van der Waals surface area (Å²) in [6.07, 6.45) is 1.44. The second-order valence-corrected chi connectivity index (χ2v) is 6.82. The van der Waals surface area contributed by atoms with Crippen LogP contribution in [0.2, 0.25) is 0 Å². The fraction of sp³-hybridized carbons (Fsp3) is 0.136. The number of rotatable bonds is 6. The van der Waals surface area contributed by atoms with E-state index in [0.717, 1.165) is 5.56 Å². The lowest BCUT2D eigenvalue weighted by Gasteiger charge is -2.15. The maximum Gasteiger partial charge on any atom is 0.291 e. The summed E-state index contributed by atoms with van der Waals surface area (Å²) in [6.45, 7) is 1.84. The van der Waals surface area contributed by atoms with Crippen molar-refractivity contribution >= 4 is 40.5 Å². The highest BCUT2D eigenvalue weighted by atomic mass is 32.1. The first-order valence-corrected chi connectivity index (χ1v) is 9.62. The molecule has 0 saturated heterocycles. The van der Waals surface area contributed by atoms with E-state index in [1.54, 1.807) is 48.5 Å². The van der Waals surface area contributed by atoms with Gasteiger partial charge in [-0.2, -0.15) is 0 Å². The molecule has 2 amide bonds. The molecule has 0 spiro atoms. The number of ether oxygens (including phenoxy) is 2. The predicted molar refractivity (Wildman–Crippen MR) is 121 cm³/mol. The van der Waals surface area contributed by atoms with Gasteiger partial charge in [0.1, 0.15) is 17.1 Å². The van der Waals surface area contributed by atoms with Crippen molar-refractivity contribution in [2.75, 3.05) is 24.9 Å². The lowest BCUT2D eigenvalue weighted by atomic mass is 10.1. The zero-order chi connectivity index (χ0) is 22.4. The third-order valence-corrected chi connectivity index (χ3v) is 4.56. The van der Waals surface area contributed by atoms with Crippen LogP contribution in [0.5, 0.6) is 11.5 Å². The topological polar surface area (TPSA) is 102 Å². The molecule has 3 N–H and O–H groups in total. The summed E-state index contributed by atoms with van der Waals surface area (Å²) in [5.74, 6) is 0.143. The van der Waals surface area contributed by atoms with Crippen molar-refractivity contribution in [1.82, 2.24) is 5.32 Å². The molecule has 0 radical (unpaired) electrons. The monoisotopic (exact) mass is 439 g/mol. The zero-order valence-corrected chi connectivity index (χ0v) is 18.0. The van der Waals surface area contributed by atoms with E-state index in [4.69, 9.17) is 26.1 Å². The second kappa shape index (κ2) is 9.77. The third kappa shape index (κ3) is 5.20. The number of hydrogen-bond acceptors (Lipinski definition) is 6. The minimum absolute atomic E-state index is 0.102. The number of hydrogen-bond donors (Lipinski definition) is 3. The van der Waals surface area contributed by atoms with Gasteiger partial charge in [-0.3, -0.25) is 14.9 Å². The summed E-state index contributed by atoms with van der Waals surface area (Å²) < 4.78 is 15.6. The van der Waals surface area contributed by atoms with E-state index in [9.17, 15) is 9.59 Å². The minimum Gasteiger partial charge on any atom is -0.496 e. The Kier molecular flexibility index (Phi) is 6.88. The largest absolute Gasteiger partial charge is 0.496 e. The molecule has 0 saturated carbocycles. The number of nitrogens with one attached hydrogen (secondary N) is 3. The third-order valence-electron chi connectivity index (χ3n) is 4.36. The van der Waals surface area contributed by atoms with Crippen LogP contribution in [0.1, 0.15) is 26.5 Å². The van der Waals surface area contributed by atoms with Crippen LogP contribution in [-0.4, -0.2) is 31.1 Å². The number of aryl methyl sites for hydroxylation is 1. The number of benzene rings is 2. The van der Waals surface area contributed by atoms with Crippen molar-refractivity contribution in [3.63, 3.8) is 0 Å². The molecule has 0 unspecified atom stereocenters. The molecule has 3 aromatic rings. The van der Waals surface area contributed by atoms with Gasteiger partial charge in [-0.1, -0.05) is 6.07 Å². The molecule has 1 aromatic heterocycles. The Morgan fingerprint density at radius 3 is 2.23 bits per heavy atom. The second-order valence-electron chi connectivity index (χ2n) is 6.41. The Hall–Kier alpha value is -3.85. The van der Waals surface area contributed by atoms with Gasteiger partial charge in [0.2, 0.25) is 0 Å². The number of amides is 2. The van der Waals surface area contributed by atoms with Crippen LogP contribution in [0.15, 0.2) is 59.2 Å². The standard InChI is InChI=1S/C22H21N3O5S/c1-13-12-14(9-10-15(13)24-20(26)18-8-5-11-30-18)23-22(31)25-21(27)19-16(28-2)6-4-7-17(19)29-3/h4-12H,1-3H3,(H,24,26)(H2,23,25,27,31). The molecule has 2 aromatic carbocycles. The van der Waals surface area contributed by atoms with Gasteiger partial charge in [-0.15, -0.1) is 0 Å². The summed E-state index contributed by atoms with van der Waals surface area (Å²) in [6, 6.07) is 13.5. The quantitative estimate of drug-likeness (QED) is 0.499. The fourth-order valence-electron chi connectivity index (χ4n) is 2.88. The highest BCUT2D eigenvalue weighted by Gasteiger charge is 2.19. The average molecular weight is 439 g/mol. The fourth-order valence-corrected chi connectivity index (χ4v) is 3.09. The van der Waals surface area contributed by atoms with Gasteiger partial charge in [0.05, 0.1) is 20.5 Å². The van der Waals surface area contributed by atoms with Crippen LogP contribution in [0.3, 0.4) is 0 Å². The van der Waals surface area contributed by atoms with Gasteiger partial charge < -0.3 is 24.5 Å². The summed E-state index contributed by atoms with van der Waals surface area (Å²) >= 11 is 5.26. The molecular weight excluding hydrogens is 418 g/mol. The van der Waals surface area contributed by atoms with Gasteiger partial charge in [0.15, 0.2) is 10.9 Å². The zero-order valence-electron chi connectivity index (χ0n) is 17.1. The van der Waals surface area contributed by atoms with Crippen molar-refractivity contribution in [2.45, 2.75) is 6.92 Å². The Morgan fingerprint density at radius 1 is 0.935 bits per heavy atom. The van der Waals surface area contributed by atoms with E-state index in [2.05, 4.69) is 16.0 Å². The molecule has 0 bridgehead atoms. The van der Waals surface area contributed by atoms with Crippen LogP contribution in [0.25, 0.3) is 0 Å². The minimum atomic E-state index is -0.467. The van der Waals surface area contributed by atoms with Gasteiger partial charge >= 0.3 is 0 Å². The first-order chi connectivity index (χ1) is 14.9. The number of anilines is 2. The van der Waals surface area contributed by atoms with E-state index in [1.165, 1.54) is 20.5 Å². The molecule has 9 heteroatoms. The first-order valence-electron chi connectivity index (χ1n) is 9.21. The number of thiocarbonyl (C=S) groups is 1. The Morgan fingerprint density at radius 2 is 1.65 bits per heavy atom. The van der Waals surface area contributed by atoms with Crippen LogP contribution in [0.4, 0.5) is 11.4 Å². The highest BCUT2D eigenvalue weighted by Crippen LogP contribution is 2.28. The molecule has 31 heavy (non-hydrogen) atoms. The van der Waals surface area contributed by atoms with E-state index in [-0.39, 0.29) is 22.3 Å². The maximum atomic E-state index is 12.7. The Bertz CT molecular complexity index is 1090. The van der Waals surface area contributed by atoms with Gasteiger partial charge in [-0.25, -0.2) is 0 Å². The molecule has 0 aliphatic heterocycles. The lowest BCUT2D eigenvalue weighted by Crippen LogP contribution is -2.34. The molecule has 0 aliphatic carbocycles. The predicted octanol–water partition coefficient (Wildman–Crippen LogP) is 3.98. The highest BCUT2D eigenvalue weighted by molar-refractivity contribution is 7.80. The lowest BCUT2D eigenvalue weighted by molar-refractivity contribution is 0.0969. The van der Waals surface area contributed by atoms with E-state index < -0.39 is 5.91 Å². The number of carbonyl (C=O) groups is 2. The van der Waals surface area contributed by atoms with E-state index in [1.807, 2.05) is 6.92 Å². The molecule has 0 aliphatic rings.